The van der Waals surface area contributed by atoms with Gasteiger partial charge in [-0.25, -0.2) is 0 Å². The Labute approximate surface area is 132 Å². The number of hydrogen-bond donors (Lipinski definition) is 1. The van der Waals surface area contributed by atoms with E-state index in [0.717, 1.165) is 18.5 Å². The van der Waals surface area contributed by atoms with Crippen LogP contribution in [0.1, 0.15) is 48.0 Å². The molecule has 0 radical (unpaired) electrons. The second-order valence-electron chi connectivity index (χ2n) is 5.35. The number of nitrogens with zero attached hydrogens (tertiary/aromatic N) is 1. The zero-order valence-corrected chi connectivity index (χ0v) is 13.2. The molecule has 5 heteroatoms. The van der Waals surface area contributed by atoms with Crippen LogP contribution >= 0.6 is 15.9 Å². The summed E-state index contributed by atoms with van der Waals surface area (Å²) in [7, 11) is 0. The summed E-state index contributed by atoms with van der Waals surface area (Å²) >= 11 is 3.22. The molecule has 1 saturated carbocycles. The quantitative estimate of drug-likeness (QED) is 0.904. The zero-order chi connectivity index (χ0) is 14.7. The molecule has 0 bridgehead atoms. The van der Waals surface area contributed by atoms with Crippen molar-refractivity contribution < 1.29 is 9.21 Å². The summed E-state index contributed by atoms with van der Waals surface area (Å²) < 4.78 is 5.89. The van der Waals surface area contributed by atoms with Crippen molar-refractivity contribution in [3.8, 4) is 0 Å². The van der Waals surface area contributed by atoms with E-state index in [1.165, 1.54) is 12.8 Å². The van der Waals surface area contributed by atoms with Crippen molar-refractivity contribution in [2.45, 2.75) is 31.7 Å². The molecule has 0 spiro atoms. The summed E-state index contributed by atoms with van der Waals surface area (Å²) in [4.78, 5) is 16.8. The second kappa shape index (κ2) is 6.43. The van der Waals surface area contributed by atoms with E-state index in [1.807, 2.05) is 18.2 Å². The van der Waals surface area contributed by atoms with Gasteiger partial charge in [-0.3, -0.25) is 9.78 Å². The SMILES string of the molecule is O=C(N[C@@H](c1ccccn1)C1CCCC1)c1ccc(Br)o1. The van der Waals surface area contributed by atoms with Crippen LogP contribution in [0.25, 0.3) is 0 Å². The number of nitrogens with one attached hydrogen (secondary N) is 1. The van der Waals surface area contributed by atoms with Crippen molar-refractivity contribution >= 4 is 21.8 Å². The van der Waals surface area contributed by atoms with Gasteiger partial charge in [0.25, 0.3) is 5.91 Å². The molecule has 1 aliphatic carbocycles. The summed E-state index contributed by atoms with van der Waals surface area (Å²) in [6.07, 6.45) is 6.46. The first-order valence-corrected chi connectivity index (χ1v) is 8.00. The smallest absolute Gasteiger partial charge is 0.287 e. The molecular weight excluding hydrogens is 332 g/mol. The molecule has 21 heavy (non-hydrogen) atoms. The summed E-state index contributed by atoms with van der Waals surface area (Å²) in [5.41, 5.74) is 0.920. The molecule has 1 N–H and O–H groups in total. The van der Waals surface area contributed by atoms with E-state index < -0.39 is 0 Å². The van der Waals surface area contributed by atoms with E-state index in [0.29, 0.717) is 16.3 Å². The molecule has 0 aromatic carbocycles. The van der Waals surface area contributed by atoms with Crippen LogP contribution in [0.2, 0.25) is 0 Å². The lowest BCUT2D eigenvalue weighted by Crippen LogP contribution is -2.33. The third-order valence-corrected chi connectivity index (χ3v) is 4.39. The second-order valence-corrected chi connectivity index (χ2v) is 6.14. The maximum absolute atomic E-state index is 12.3. The van der Waals surface area contributed by atoms with Crippen LogP contribution in [-0.2, 0) is 0 Å². The van der Waals surface area contributed by atoms with Gasteiger partial charge in [-0.1, -0.05) is 18.9 Å². The molecule has 2 heterocycles. The third-order valence-electron chi connectivity index (χ3n) is 3.96. The van der Waals surface area contributed by atoms with Gasteiger partial charge in [0.2, 0.25) is 0 Å². The fourth-order valence-electron chi connectivity index (χ4n) is 2.93. The Kier molecular flexibility index (Phi) is 4.39. The summed E-state index contributed by atoms with van der Waals surface area (Å²) in [5, 5.41) is 3.09. The summed E-state index contributed by atoms with van der Waals surface area (Å²) in [6, 6.07) is 9.16. The van der Waals surface area contributed by atoms with Gasteiger partial charge in [0.05, 0.1) is 11.7 Å². The summed E-state index contributed by atoms with van der Waals surface area (Å²) in [6.45, 7) is 0. The molecule has 1 amide bonds. The molecule has 1 aliphatic rings. The lowest BCUT2D eigenvalue weighted by Gasteiger charge is -2.23. The van der Waals surface area contributed by atoms with Crippen molar-refractivity contribution in [2.24, 2.45) is 5.92 Å². The Morgan fingerprint density at radius 3 is 2.71 bits per heavy atom. The molecule has 1 atom stereocenters. The van der Waals surface area contributed by atoms with E-state index in [9.17, 15) is 4.79 Å². The predicted molar refractivity (Wildman–Crippen MR) is 82.8 cm³/mol. The molecule has 4 nitrogen and oxygen atoms in total. The van der Waals surface area contributed by atoms with Crippen LogP contribution in [0.3, 0.4) is 0 Å². The highest BCUT2D eigenvalue weighted by molar-refractivity contribution is 9.10. The number of carbonyl (C=O) groups is 1. The van der Waals surface area contributed by atoms with Crippen LogP contribution < -0.4 is 5.32 Å². The highest BCUT2D eigenvalue weighted by Gasteiger charge is 2.29. The number of amides is 1. The molecule has 3 rings (SSSR count). The Morgan fingerprint density at radius 1 is 1.29 bits per heavy atom. The normalized spacial score (nSPS) is 16.8. The Morgan fingerprint density at radius 2 is 2.10 bits per heavy atom. The minimum atomic E-state index is -0.191. The Hall–Kier alpha value is -1.62. The van der Waals surface area contributed by atoms with Gasteiger partial charge in [0.1, 0.15) is 0 Å². The predicted octanol–water partition coefficient (Wildman–Crippen LogP) is 4.10. The summed E-state index contributed by atoms with van der Waals surface area (Å²) in [5.74, 6) is 0.575. The largest absolute Gasteiger partial charge is 0.444 e. The molecule has 0 aliphatic heterocycles. The highest BCUT2D eigenvalue weighted by atomic mass is 79.9. The number of pyridine rings is 1. The first kappa shape index (κ1) is 14.3. The topological polar surface area (TPSA) is 55.1 Å². The lowest BCUT2D eigenvalue weighted by molar-refractivity contribution is 0.0891. The number of furan rings is 1. The van der Waals surface area contributed by atoms with Crippen LogP contribution in [-0.4, -0.2) is 10.9 Å². The van der Waals surface area contributed by atoms with Gasteiger partial charge in [-0.05, 0) is 59.0 Å². The molecular formula is C16H17BrN2O2. The molecule has 0 unspecified atom stereocenters. The van der Waals surface area contributed by atoms with E-state index in [1.54, 1.807) is 18.3 Å². The number of carbonyl (C=O) groups excluding carboxylic acids is 1. The van der Waals surface area contributed by atoms with Gasteiger partial charge >= 0.3 is 0 Å². The van der Waals surface area contributed by atoms with Crippen molar-refractivity contribution in [3.63, 3.8) is 0 Å². The molecule has 2 aromatic rings. The molecule has 0 saturated heterocycles. The maximum Gasteiger partial charge on any atom is 0.287 e. The van der Waals surface area contributed by atoms with Crippen LogP contribution in [0, 0.1) is 5.92 Å². The van der Waals surface area contributed by atoms with Crippen molar-refractivity contribution in [1.29, 1.82) is 0 Å². The van der Waals surface area contributed by atoms with Crippen molar-refractivity contribution in [1.82, 2.24) is 10.3 Å². The van der Waals surface area contributed by atoms with Gasteiger partial charge in [-0.2, -0.15) is 0 Å². The third kappa shape index (κ3) is 3.35. The monoisotopic (exact) mass is 348 g/mol. The van der Waals surface area contributed by atoms with Crippen LogP contribution in [0.5, 0.6) is 0 Å². The van der Waals surface area contributed by atoms with Crippen LogP contribution in [0.4, 0.5) is 0 Å². The van der Waals surface area contributed by atoms with Gasteiger partial charge in [0, 0.05) is 6.20 Å². The van der Waals surface area contributed by atoms with Gasteiger partial charge in [0.15, 0.2) is 10.4 Å². The first-order valence-electron chi connectivity index (χ1n) is 7.21. The zero-order valence-electron chi connectivity index (χ0n) is 11.6. The molecule has 110 valence electrons. The fourth-order valence-corrected chi connectivity index (χ4v) is 3.24. The first-order chi connectivity index (χ1) is 10.2. The van der Waals surface area contributed by atoms with Crippen LogP contribution in [0.15, 0.2) is 45.6 Å². The van der Waals surface area contributed by atoms with E-state index >= 15 is 0 Å². The number of aromatic nitrogens is 1. The highest BCUT2D eigenvalue weighted by Crippen LogP contribution is 2.35. The lowest BCUT2D eigenvalue weighted by atomic mass is 9.94. The average molecular weight is 349 g/mol. The van der Waals surface area contributed by atoms with E-state index in [2.05, 4.69) is 26.2 Å². The number of rotatable bonds is 4. The number of hydrogen-bond acceptors (Lipinski definition) is 3. The Bertz CT molecular complexity index is 606. The van der Waals surface area contributed by atoms with Gasteiger partial charge < -0.3 is 9.73 Å². The number of halogens is 1. The Balaban J connectivity index is 1.80. The van der Waals surface area contributed by atoms with Gasteiger partial charge in [-0.15, -0.1) is 0 Å². The molecule has 2 aromatic heterocycles. The average Bonchev–Trinajstić information content (AvgIpc) is 3.17. The minimum Gasteiger partial charge on any atom is -0.444 e. The standard InChI is InChI=1S/C16H17BrN2O2/c17-14-9-8-13(21-14)16(20)19-15(11-5-1-2-6-11)12-7-3-4-10-18-12/h3-4,7-11,15H,1-2,5-6H2,(H,19,20)/t15-/m1/s1. The van der Waals surface area contributed by atoms with Crippen molar-refractivity contribution in [2.75, 3.05) is 0 Å². The van der Waals surface area contributed by atoms with E-state index in [-0.39, 0.29) is 11.9 Å². The fraction of sp³-hybridized carbons (Fsp3) is 0.375. The van der Waals surface area contributed by atoms with E-state index in [4.69, 9.17) is 4.42 Å². The van der Waals surface area contributed by atoms with Crippen molar-refractivity contribution in [3.05, 3.63) is 52.7 Å². The molecule has 1 fully saturated rings. The maximum atomic E-state index is 12.3. The minimum absolute atomic E-state index is 0.0509.